The van der Waals surface area contributed by atoms with Crippen molar-refractivity contribution in [2.75, 3.05) is 6.61 Å². The van der Waals surface area contributed by atoms with Crippen molar-refractivity contribution >= 4 is 0 Å². The smallest absolute Gasteiger partial charge is 0.137 e. The second-order valence-electron chi connectivity index (χ2n) is 3.06. The molecule has 2 N–H and O–H groups in total. The van der Waals surface area contributed by atoms with Crippen LogP contribution in [0.4, 0.5) is 8.78 Å². The molecule has 0 bridgehead atoms. The first kappa shape index (κ1) is 9.36. The third-order valence-electron chi connectivity index (χ3n) is 2.24. The number of hydrogen-bond donors (Lipinski definition) is 2. The molecule has 1 aliphatic rings. The van der Waals surface area contributed by atoms with E-state index in [0.717, 1.165) is 6.07 Å². The van der Waals surface area contributed by atoms with Crippen molar-refractivity contribution in [1.29, 1.82) is 0 Å². The fourth-order valence-corrected chi connectivity index (χ4v) is 1.55. The summed E-state index contributed by atoms with van der Waals surface area (Å²) in [6.07, 6.45) is 0.444. The highest BCUT2D eigenvalue weighted by molar-refractivity contribution is 5.42. The fraction of sp³-hybridized carbons (Fsp3) is 0.333. The van der Waals surface area contributed by atoms with E-state index < -0.39 is 11.6 Å². The molecule has 0 spiro atoms. The minimum Gasteiger partial charge on any atom is -0.493 e. The van der Waals surface area contributed by atoms with Gasteiger partial charge in [-0.2, -0.15) is 0 Å². The number of fused-ring (bicyclic) bond motifs is 1. The average Bonchev–Trinajstić information content (AvgIpc) is 2.60. The van der Waals surface area contributed by atoms with Crippen LogP contribution in [-0.4, -0.2) is 11.8 Å². The topological polar surface area (TPSA) is 41.5 Å². The van der Waals surface area contributed by atoms with Crippen molar-refractivity contribution in [3.63, 3.8) is 0 Å². The Morgan fingerprint density at radius 2 is 2.29 bits per heavy atom. The van der Waals surface area contributed by atoms with Gasteiger partial charge in [-0.05, 0) is 0 Å². The Labute approximate surface area is 79.3 Å². The summed E-state index contributed by atoms with van der Waals surface area (Å²) >= 11 is 0. The van der Waals surface area contributed by atoms with E-state index in [-0.39, 0.29) is 17.9 Å². The maximum Gasteiger partial charge on any atom is 0.137 e. The number of rotatable bonds is 2. The molecule has 0 aromatic heterocycles. The Balaban J connectivity index is 2.51. The molecule has 0 fully saturated rings. The van der Waals surface area contributed by atoms with Gasteiger partial charge in [0, 0.05) is 23.6 Å². The van der Waals surface area contributed by atoms with Gasteiger partial charge in [0.25, 0.3) is 0 Å². The molecule has 0 radical (unpaired) electrons. The zero-order valence-corrected chi connectivity index (χ0v) is 7.31. The molecule has 1 heterocycles. The summed E-state index contributed by atoms with van der Waals surface area (Å²) in [6, 6.07) is 1.15. The fourth-order valence-electron chi connectivity index (χ4n) is 1.55. The highest BCUT2D eigenvalue weighted by Gasteiger charge is 2.22. The summed E-state index contributed by atoms with van der Waals surface area (Å²) in [6.45, 7) is 0.132. The maximum atomic E-state index is 13.6. The van der Waals surface area contributed by atoms with Gasteiger partial charge in [-0.25, -0.2) is 14.3 Å². The van der Waals surface area contributed by atoms with E-state index in [9.17, 15) is 8.78 Å². The lowest BCUT2D eigenvalue weighted by molar-refractivity contribution is 0.158. The molecule has 0 unspecified atom stereocenters. The van der Waals surface area contributed by atoms with E-state index in [0.29, 0.717) is 18.6 Å². The zero-order chi connectivity index (χ0) is 10.1. The van der Waals surface area contributed by atoms with E-state index >= 15 is 0 Å². The summed E-state index contributed by atoms with van der Waals surface area (Å²) in [7, 11) is 0. The number of hydrogen-bond acceptors (Lipinski definition) is 3. The second-order valence-corrected chi connectivity index (χ2v) is 3.06. The van der Waals surface area contributed by atoms with Crippen molar-refractivity contribution in [2.24, 2.45) is 0 Å². The molecule has 0 saturated carbocycles. The third-order valence-corrected chi connectivity index (χ3v) is 2.24. The molecular weight excluding hydrogens is 192 g/mol. The Hall–Kier alpha value is -1.20. The number of ether oxygens (including phenoxy) is 1. The maximum absolute atomic E-state index is 13.6. The minimum absolute atomic E-state index is 0.156. The predicted octanol–water partition coefficient (Wildman–Crippen LogP) is 1.38. The summed E-state index contributed by atoms with van der Waals surface area (Å²) in [5.41, 5.74) is 1.97. The van der Waals surface area contributed by atoms with Gasteiger partial charge in [0.1, 0.15) is 17.4 Å². The van der Waals surface area contributed by atoms with Gasteiger partial charge in [0.2, 0.25) is 0 Å². The number of benzene rings is 1. The van der Waals surface area contributed by atoms with Gasteiger partial charge in [0.05, 0.1) is 13.2 Å². The largest absolute Gasteiger partial charge is 0.493 e. The Kier molecular flexibility index (Phi) is 2.35. The van der Waals surface area contributed by atoms with Crippen LogP contribution < -0.4 is 10.2 Å². The van der Waals surface area contributed by atoms with Crippen LogP contribution in [0.1, 0.15) is 11.1 Å². The molecule has 3 nitrogen and oxygen atoms in total. The van der Waals surface area contributed by atoms with Gasteiger partial charge < -0.3 is 9.94 Å². The van der Waals surface area contributed by atoms with Gasteiger partial charge in [-0.3, -0.25) is 0 Å². The van der Waals surface area contributed by atoms with Crippen molar-refractivity contribution < 1.29 is 18.7 Å². The quantitative estimate of drug-likeness (QED) is 0.710. The lowest BCUT2D eigenvalue weighted by Crippen LogP contribution is -2.11. The third kappa shape index (κ3) is 1.34. The molecule has 0 atom stereocenters. The number of halogens is 2. The lowest BCUT2D eigenvalue weighted by Gasteiger charge is -2.07. The normalized spacial score (nSPS) is 13.9. The summed E-state index contributed by atoms with van der Waals surface area (Å²) in [4.78, 5) is 0. The first-order valence-corrected chi connectivity index (χ1v) is 4.23. The van der Waals surface area contributed by atoms with Crippen LogP contribution in [0.25, 0.3) is 0 Å². The van der Waals surface area contributed by atoms with Gasteiger partial charge >= 0.3 is 0 Å². The van der Waals surface area contributed by atoms with E-state index in [4.69, 9.17) is 9.94 Å². The monoisotopic (exact) mass is 201 g/mol. The van der Waals surface area contributed by atoms with E-state index in [1.165, 1.54) is 0 Å². The Morgan fingerprint density at radius 3 is 3.00 bits per heavy atom. The first-order valence-electron chi connectivity index (χ1n) is 4.23. The molecule has 1 aromatic carbocycles. The van der Waals surface area contributed by atoms with E-state index in [1.54, 1.807) is 5.48 Å². The second kappa shape index (κ2) is 3.51. The number of nitrogens with one attached hydrogen (secondary N) is 1. The zero-order valence-electron chi connectivity index (χ0n) is 7.31. The van der Waals surface area contributed by atoms with Crippen LogP contribution in [0.3, 0.4) is 0 Å². The van der Waals surface area contributed by atoms with Crippen LogP contribution in [-0.2, 0) is 13.0 Å². The molecule has 0 amide bonds. The summed E-state index contributed by atoms with van der Waals surface area (Å²) in [5.74, 6) is -1.06. The molecule has 1 aromatic rings. The average molecular weight is 201 g/mol. The van der Waals surface area contributed by atoms with E-state index in [2.05, 4.69) is 0 Å². The van der Waals surface area contributed by atoms with Crippen LogP contribution in [0.5, 0.6) is 5.75 Å². The van der Waals surface area contributed by atoms with Crippen molar-refractivity contribution in [1.82, 2.24) is 5.48 Å². The minimum atomic E-state index is -0.704. The van der Waals surface area contributed by atoms with Crippen LogP contribution in [0.15, 0.2) is 6.07 Å². The van der Waals surface area contributed by atoms with Gasteiger partial charge in [-0.15, -0.1) is 0 Å². The predicted molar refractivity (Wildman–Crippen MR) is 44.2 cm³/mol. The molecule has 14 heavy (non-hydrogen) atoms. The molecule has 2 rings (SSSR count). The van der Waals surface area contributed by atoms with Crippen LogP contribution in [0.2, 0.25) is 0 Å². The lowest BCUT2D eigenvalue weighted by atomic mass is 10.1. The van der Waals surface area contributed by atoms with Gasteiger partial charge in [0.15, 0.2) is 0 Å². The van der Waals surface area contributed by atoms with Crippen molar-refractivity contribution in [3.05, 3.63) is 28.8 Å². The Bertz CT molecular complexity index is 368. The molecule has 5 heteroatoms. The summed E-state index contributed by atoms with van der Waals surface area (Å²) in [5, 5.41) is 8.40. The Morgan fingerprint density at radius 1 is 1.50 bits per heavy atom. The van der Waals surface area contributed by atoms with Crippen LogP contribution in [0, 0.1) is 11.6 Å². The highest BCUT2D eigenvalue weighted by atomic mass is 19.1. The first-order chi connectivity index (χ1) is 6.74. The van der Waals surface area contributed by atoms with Crippen molar-refractivity contribution in [2.45, 2.75) is 13.0 Å². The molecule has 0 aliphatic carbocycles. The van der Waals surface area contributed by atoms with E-state index in [1.807, 2.05) is 0 Å². The molecule has 0 saturated heterocycles. The van der Waals surface area contributed by atoms with Crippen LogP contribution >= 0.6 is 0 Å². The summed E-state index contributed by atoms with van der Waals surface area (Å²) < 4.78 is 31.8. The SMILES string of the molecule is ONCc1c(F)cc2c(c1F)CCO2. The van der Waals surface area contributed by atoms with Crippen molar-refractivity contribution in [3.8, 4) is 5.75 Å². The molecule has 1 aliphatic heterocycles. The molecule has 76 valence electrons. The highest BCUT2D eigenvalue weighted by Crippen LogP contribution is 2.31. The standard InChI is InChI=1S/C9H9F2NO2/c10-7-3-8-5(1-2-14-8)9(11)6(7)4-12-13/h3,12-13H,1-2,4H2. The number of hydroxylamine groups is 1. The van der Waals surface area contributed by atoms with Gasteiger partial charge in [-0.1, -0.05) is 0 Å². The molecular formula is C9H9F2NO2.